The number of anilines is 1. The second-order valence-corrected chi connectivity index (χ2v) is 8.70. The summed E-state index contributed by atoms with van der Waals surface area (Å²) in [5, 5.41) is 12.1. The maximum Gasteiger partial charge on any atom is 0.237 e. The zero-order valence-electron chi connectivity index (χ0n) is 17.7. The Morgan fingerprint density at radius 1 is 0.903 bits per heavy atom. The molecule has 0 aliphatic heterocycles. The Morgan fingerprint density at radius 3 is 2.32 bits per heavy atom. The van der Waals surface area contributed by atoms with Crippen LogP contribution in [0.5, 0.6) is 0 Å². The third kappa shape index (κ3) is 4.70. The van der Waals surface area contributed by atoms with Crippen LogP contribution in [0.15, 0.2) is 84.0 Å². The molecule has 0 aliphatic rings. The van der Waals surface area contributed by atoms with Crippen molar-refractivity contribution in [3.05, 3.63) is 84.4 Å². The van der Waals surface area contributed by atoms with Gasteiger partial charge in [0.25, 0.3) is 0 Å². The number of aromatic nitrogens is 3. The highest BCUT2D eigenvalue weighted by atomic mass is 32.2. The van der Waals surface area contributed by atoms with Crippen LogP contribution < -0.4 is 5.32 Å². The number of thioether (sulfide) groups is 1. The first-order valence-electron chi connectivity index (χ1n) is 10.1. The highest BCUT2D eigenvalue weighted by molar-refractivity contribution is 8.00. The van der Waals surface area contributed by atoms with Gasteiger partial charge in [0.2, 0.25) is 5.91 Å². The molecular formula is C25H24N4OS. The lowest BCUT2D eigenvalue weighted by Crippen LogP contribution is -2.23. The number of carbonyl (C=O) groups is 1. The Hall–Kier alpha value is -3.38. The van der Waals surface area contributed by atoms with E-state index in [2.05, 4.69) is 34.6 Å². The van der Waals surface area contributed by atoms with Crippen LogP contribution in [0.25, 0.3) is 22.5 Å². The molecule has 5 nitrogen and oxygen atoms in total. The number of hydrogen-bond acceptors (Lipinski definition) is 4. The van der Waals surface area contributed by atoms with E-state index < -0.39 is 0 Å². The van der Waals surface area contributed by atoms with Crippen molar-refractivity contribution in [2.75, 3.05) is 5.32 Å². The Bertz CT molecular complexity index is 1190. The van der Waals surface area contributed by atoms with Crippen molar-refractivity contribution in [1.29, 1.82) is 0 Å². The largest absolute Gasteiger partial charge is 0.325 e. The molecule has 0 saturated carbocycles. The predicted octanol–water partition coefficient (Wildman–Crippen LogP) is 5.58. The van der Waals surface area contributed by atoms with E-state index in [1.54, 1.807) is 0 Å². The fourth-order valence-corrected chi connectivity index (χ4v) is 4.09. The van der Waals surface area contributed by atoms with Gasteiger partial charge in [0.1, 0.15) is 0 Å². The maximum atomic E-state index is 12.9. The Labute approximate surface area is 186 Å². The first kappa shape index (κ1) is 20.9. The van der Waals surface area contributed by atoms with Crippen LogP contribution in [0.4, 0.5) is 5.69 Å². The summed E-state index contributed by atoms with van der Waals surface area (Å²) in [6.07, 6.45) is 0. The molecule has 4 aromatic rings. The fourth-order valence-electron chi connectivity index (χ4n) is 3.28. The molecule has 31 heavy (non-hydrogen) atoms. The molecule has 0 bridgehead atoms. The van der Waals surface area contributed by atoms with E-state index in [0.717, 1.165) is 28.2 Å². The van der Waals surface area contributed by atoms with Gasteiger partial charge in [0.15, 0.2) is 11.0 Å². The summed E-state index contributed by atoms with van der Waals surface area (Å²) in [5.41, 5.74) is 5.05. The number of nitrogens with zero attached hydrogens (tertiary/aromatic N) is 3. The van der Waals surface area contributed by atoms with Gasteiger partial charge in [-0.15, -0.1) is 10.2 Å². The van der Waals surface area contributed by atoms with Crippen molar-refractivity contribution in [3.8, 4) is 22.5 Å². The van der Waals surface area contributed by atoms with E-state index in [1.807, 2.05) is 85.3 Å². The van der Waals surface area contributed by atoms with Crippen molar-refractivity contribution in [2.45, 2.75) is 24.3 Å². The summed E-state index contributed by atoms with van der Waals surface area (Å²) in [6, 6.07) is 26.1. The van der Waals surface area contributed by atoms with Crippen LogP contribution in [-0.2, 0) is 11.8 Å². The Kier molecular flexibility index (Phi) is 6.18. The minimum absolute atomic E-state index is 0.0757. The van der Waals surface area contributed by atoms with E-state index in [-0.39, 0.29) is 11.2 Å². The van der Waals surface area contributed by atoms with Gasteiger partial charge in [0, 0.05) is 23.9 Å². The van der Waals surface area contributed by atoms with Crippen LogP contribution in [0.2, 0.25) is 0 Å². The number of carbonyl (C=O) groups excluding carboxylic acids is 1. The molecule has 1 N–H and O–H groups in total. The zero-order chi connectivity index (χ0) is 21.8. The number of hydrogen-bond donors (Lipinski definition) is 1. The third-order valence-corrected chi connectivity index (χ3v) is 6.20. The molecule has 0 spiro atoms. The molecule has 0 saturated heterocycles. The van der Waals surface area contributed by atoms with Gasteiger partial charge in [-0.3, -0.25) is 4.79 Å². The number of benzene rings is 3. The van der Waals surface area contributed by atoms with Crippen molar-refractivity contribution >= 4 is 23.4 Å². The molecule has 1 heterocycles. The Balaban J connectivity index is 1.49. The van der Waals surface area contributed by atoms with Crippen molar-refractivity contribution in [1.82, 2.24) is 14.8 Å². The van der Waals surface area contributed by atoms with E-state index in [1.165, 1.54) is 17.3 Å². The molecule has 1 aromatic heterocycles. The fraction of sp³-hybridized carbons (Fsp3) is 0.160. The van der Waals surface area contributed by atoms with Gasteiger partial charge in [-0.05, 0) is 25.5 Å². The van der Waals surface area contributed by atoms with E-state index >= 15 is 0 Å². The first-order chi connectivity index (χ1) is 15.0. The van der Waals surface area contributed by atoms with Crippen LogP contribution in [0, 0.1) is 6.92 Å². The summed E-state index contributed by atoms with van der Waals surface area (Å²) in [7, 11) is 1.92. The number of aryl methyl sites for hydroxylation is 1. The van der Waals surface area contributed by atoms with Gasteiger partial charge in [-0.1, -0.05) is 90.1 Å². The van der Waals surface area contributed by atoms with Crippen LogP contribution in [-0.4, -0.2) is 25.9 Å². The number of nitrogens with one attached hydrogen (secondary N) is 1. The molecule has 156 valence electrons. The molecule has 0 fully saturated rings. The Morgan fingerprint density at radius 2 is 1.58 bits per heavy atom. The minimum Gasteiger partial charge on any atom is -0.325 e. The van der Waals surface area contributed by atoms with E-state index in [4.69, 9.17) is 0 Å². The molecule has 1 amide bonds. The number of para-hydroxylation sites is 1. The third-order valence-electron chi connectivity index (χ3n) is 5.07. The van der Waals surface area contributed by atoms with Crippen molar-refractivity contribution in [3.63, 3.8) is 0 Å². The summed E-state index contributed by atoms with van der Waals surface area (Å²) in [6.45, 7) is 3.93. The van der Waals surface area contributed by atoms with Gasteiger partial charge in [-0.25, -0.2) is 0 Å². The zero-order valence-corrected chi connectivity index (χ0v) is 18.6. The van der Waals surface area contributed by atoms with Crippen molar-refractivity contribution < 1.29 is 4.79 Å². The van der Waals surface area contributed by atoms with Gasteiger partial charge >= 0.3 is 0 Å². The number of amides is 1. The molecule has 0 radical (unpaired) electrons. The van der Waals surface area contributed by atoms with Crippen LogP contribution in [0.3, 0.4) is 0 Å². The molecule has 1 unspecified atom stereocenters. The predicted molar refractivity (Wildman–Crippen MR) is 127 cm³/mol. The monoisotopic (exact) mass is 428 g/mol. The summed E-state index contributed by atoms with van der Waals surface area (Å²) in [5.74, 6) is 0.706. The standard InChI is InChI=1S/C25H24N4OS/c1-17-13-15-20(16-14-17)23-27-28-25(29(23)3)31-18(2)24(30)26-22-12-8-7-11-21(22)19-9-5-4-6-10-19/h4-16,18H,1-3H3,(H,26,30). The van der Waals surface area contributed by atoms with Gasteiger partial charge < -0.3 is 9.88 Å². The second-order valence-electron chi connectivity index (χ2n) is 7.39. The normalized spacial score (nSPS) is 11.8. The highest BCUT2D eigenvalue weighted by Crippen LogP contribution is 2.30. The SMILES string of the molecule is Cc1ccc(-c2nnc(SC(C)C(=O)Nc3ccccc3-c3ccccc3)n2C)cc1. The summed E-state index contributed by atoms with van der Waals surface area (Å²) >= 11 is 1.40. The number of rotatable bonds is 6. The average molecular weight is 429 g/mol. The highest BCUT2D eigenvalue weighted by Gasteiger charge is 2.20. The lowest BCUT2D eigenvalue weighted by Gasteiger charge is -2.15. The smallest absolute Gasteiger partial charge is 0.237 e. The molecule has 1 atom stereocenters. The first-order valence-corrected chi connectivity index (χ1v) is 11.0. The van der Waals surface area contributed by atoms with Crippen molar-refractivity contribution in [2.24, 2.45) is 7.05 Å². The second kappa shape index (κ2) is 9.18. The molecule has 6 heteroatoms. The lowest BCUT2D eigenvalue weighted by atomic mass is 10.0. The lowest BCUT2D eigenvalue weighted by molar-refractivity contribution is -0.115. The maximum absolute atomic E-state index is 12.9. The average Bonchev–Trinajstić information content (AvgIpc) is 3.15. The molecule has 3 aromatic carbocycles. The topological polar surface area (TPSA) is 59.8 Å². The van der Waals surface area contributed by atoms with E-state index in [0.29, 0.717) is 5.16 Å². The van der Waals surface area contributed by atoms with Crippen LogP contribution >= 0.6 is 11.8 Å². The molecular weight excluding hydrogens is 404 g/mol. The van der Waals surface area contributed by atoms with Crippen LogP contribution in [0.1, 0.15) is 12.5 Å². The van der Waals surface area contributed by atoms with E-state index in [9.17, 15) is 4.79 Å². The van der Waals surface area contributed by atoms with Gasteiger partial charge in [-0.2, -0.15) is 0 Å². The van der Waals surface area contributed by atoms with Gasteiger partial charge in [0.05, 0.1) is 5.25 Å². The quantitative estimate of drug-likeness (QED) is 0.408. The minimum atomic E-state index is -0.336. The summed E-state index contributed by atoms with van der Waals surface area (Å²) in [4.78, 5) is 12.9. The summed E-state index contributed by atoms with van der Waals surface area (Å²) < 4.78 is 1.93. The molecule has 0 aliphatic carbocycles. The molecule has 4 rings (SSSR count).